The Balaban J connectivity index is 2.02. The second-order valence-electron chi connectivity index (χ2n) is 6.09. The number of nitrogens with zero attached hydrogens (tertiary/aromatic N) is 4. The van der Waals surface area contributed by atoms with E-state index in [1.807, 2.05) is 18.5 Å². The molecule has 3 aromatic heterocycles. The lowest BCUT2D eigenvalue weighted by Crippen LogP contribution is -2.03. The summed E-state index contributed by atoms with van der Waals surface area (Å²) in [5, 5.41) is 10.2. The van der Waals surface area contributed by atoms with Crippen molar-refractivity contribution in [2.75, 3.05) is 5.73 Å². The molecule has 2 N–H and O–H groups in total. The molecule has 3 heterocycles. The topological polar surface area (TPSA) is 82.8 Å². The number of halogens is 2. The van der Waals surface area contributed by atoms with Gasteiger partial charge in [-0.2, -0.15) is 5.10 Å². The molecule has 6 nitrogen and oxygen atoms in total. The van der Waals surface area contributed by atoms with Crippen LogP contribution in [0.25, 0.3) is 22.3 Å². The molecule has 23 heavy (non-hydrogen) atoms. The summed E-state index contributed by atoms with van der Waals surface area (Å²) in [5.41, 5.74) is 8.31. The lowest BCUT2D eigenvalue weighted by molar-refractivity contribution is 0.385. The summed E-state index contributed by atoms with van der Waals surface area (Å²) < 4.78 is 8.43. The highest BCUT2D eigenvalue weighted by molar-refractivity contribution is 14.1. The number of nitrogen functional groups attached to an aromatic ring is 1. The highest BCUT2D eigenvalue weighted by atomic mass is 127. The fourth-order valence-corrected chi connectivity index (χ4v) is 3.86. The predicted octanol–water partition coefficient (Wildman–Crippen LogP) is 4.38. The third kappa shape index (κ3) is 2.32. The molecule has 1 aliphatic carbocycles. The van der Waals surface area contributed by atoms with Crippen molar-refractivity contribution in [1.82, 2.24) is 19.9 Å². The highest BCUT2D eigenvalue weighted by Crippen LogP contribution is 2.45. The van der Waals surface area contributed by atoms with Crippen molar-refractivity contribution in [3.8, 4) is 11.4 Å². The molecular formula is C15H15ClIN5O. The van der Waals surface area contributed by atoms with E-state index < -0.39 is 0 Å². The Labute approximate surface area is 151 Å². The first-order chi connectivity index (χ1) is 11.0. The van der Waals surface area contributed by atoms with Crippen molar-refractivity contribution in [1.29, 1.82) is 0 Å². The quantitative estimate of drug-likeness (QED) is 0.607. The second kappa shape index (κ2) is 5.34. The number of hydrogen-bond acceptors (Lipinski definition) is 5. The molecule has 120 valence electrons. The van der Waals surface area contributed by atoms with Crippen LogP contribution < -0.4 is 5.73 Å². The van der Waals surface area contributed by atoms with Crippen LogP contribution in [-0.2, 0) is 0 Å². The van der Waals surface area contributed by atoms with Gasteiger partial charge in [0.2, 0.25) is 0 Å². The Morgan fingerprint density at radius 1 is 1.39 bits per heavy atom. The van der Waals surface area contributed by atoms with Crippen LogP contribution >= 0.6 is 34.2 Å². The zero-order valence-electron chi connectivity index (χ0n) is 12.7. The van der Waals surface area contributed by atoms with Crippen LogP contribution in [0.3, 0.4) is 0 Å². The maximum absolute atomic E-state index is 6.36. The predicted molar refractivity (Wildman–Crippen MR) is 97.5 cm³/mol. The van der Waals surface area contributed by atoms with Gasteiger partial charge in [-0.15, -0.1) is 0 Å². The Hall–Kier alpha value is -1.35. The van der Waals surface area contributed by atoms with E-state index in [-0.39, 0.29) is 6.04 Å². The second-order valence-corrected chi connectivity index (χ2v) is 7.57. The van der Waals surface area contributed by atoms with Gasteiger partial charge in [-0.25, -0.2) is 4.98 Å². The average Bonchev–Trinajstić information content (AvgIpc) is 3.15. The highest BCUT2D eigenvalue weighted by Gasteiger charge is 2.33. The largest absolute Gasteiger partial charge is 0.383 e. The SMILES string of the molecule is CC(C)n1nc(-c2noc(C3CC3)c2I)c2c(N)ncc(Cl)c21. The van der Waals surface area contributed by atoms with E-state index in [9.17, 15) is 0 Å². The molecule has 0 aliphatic heterocycles. The molecule has 0 amide bonds. The molecule has 3 aromatic rings. The summed E-state index contributed by atoms with van der Waals surface area (Å²) in [5.74, 6) is 1.83. The van der Waals surface area contributed by atoms with Crippen molar-refractivity contribution in [2.24, 2.45) is 0 Å². The van der Waals surface area contributed by atoms with Gasteiger partial charge >= 0.3 is 0 Å². The van der Waals surface area contributed by atoms with Gasteiger partial charge in [0.05, 0.1) is 25.7 Å². The van der Waals surface area contributed by atoms with Gasteiger partial charge in [-0.1, -0.05) is 16.8 Å². The molecule has 0 radical (unpaired) electrons. The smallest absolute Gasteiger partial charge is 0.153 e. The van der Waals surface area contributed by atoms with E-state index in [1.165, 1.54) is 0 Å². The molecule has 1 fully saturated rings. The van der Waals surface area contributed by atoms with Gasteiger partial charge in [-0.05, 0) is 49.3 Å². The summed E-state index contributed by atoms with van der Waals surface area (Å²) >= 11 is 8.63. The molecule has 4 rings (SSSR count). The zero-order chi connectivity index (χ0) is 16.3. The summed E-state index contributed by atoms with van der Waals surface area (Å²) in [6, 6.07) is 0.137. The number of fused-ring (bicyclic) bond motifs is 1. The Kier molecular flexibility index (Phi) is 3.53. The van der Waals surface area contributed by atoms with Crippen LogP contribution in [0, 0.1) is 3.57 Å². The van der Waals surface area contributed by atoms with Crippen LogP contribution in [-0.4, -0.2) is 19.9 Å². The summed E-state index contributed by atoms with van der Waals surface area (Å²) in [6.45, 7) is 4.10. The first-order valence-electron chi connectivity index (χ1n) is 7.46. The van der Waals surface area contributed by atoms with E-state index >= 15 is 0 Å². The summed E-state index contributed by atoms with van der Waals surface area (Å²) in [7, 11) is 0. The molecule has 0 bridgehead atoms. The van der Waals surface area contributed by atoms with Gasteiger partial charge in [0.15, 0.2) is 5.76 Å². The third-order valence-electron chi connectivity index (χ3n) is 4.03. The minimum Gasteiger partial charge on any atom is -0.383 e. The molecule has 8 heteroatoms. The number of aromatic nitrogens is 4. The van der Waals surface area contributed by atoms with E-state index in [4.69, 9.17) is 27.0 Å². The van der Waals surface area contributed by atoms with Crippen molar-refractivity contribution in [3.05, 3.63) is 20.5 Å². The van der Waals surface area contributed by atoms with E-state index in [2.05, 4.69) is 32.7 Å². The monoisotopic (exact) mass is 443 g/mol. The summed E-state index contributed by atoms with van der Waals surface area (Å²) in [6.07, 6.45) is 3.87. The van der Waals surface area contributed by atoms with Crippen LogP contribution in [0.4, 0.5) is 5.82 Å². The van der Waals surface area contributed by atoms with Gasteiger partial charge in [0.1, 0.15) is 17.2 Å². The van der Waals surface area contributed by atoms with E-state index in [0.29, 0.717) is 28.1 Å². The summed E-state index contributed by atoms with van der Waals surface area (Å²) in [4.78, 5) is 4.18. The Morgan fingerprint density at radius 3 is 2.78 bits per heavy atom. The number of anilines is 1. The van der Waals surface area contributed by atoms with Gasteiger partial charge in [0.25, 0.3) is 0 Å². The number of hydrogen-bond donors (Lipinski definition) is 1. The number of nitrogens with two attached hydrogens (primary N) is 1. The maximum atomic E-state index is 6.36. The molecule has 0 spiro atoms. The number of rotatable bonds is 3. The van der Waals surface area contributed by atoms with Crippen molar-refractivity contribution < 1.29 is 4.52 Å². The minimum atomic E-state index is 0.137. The van der Waals surface area contributed by atoms with Crippen molar-refractivity contribution in [3.63, 3.8) is 0 Å². The van der Waals surface area contributed by atoms with Crippen LogP contribution in [0.2, 0.25) is 5.02 Å². The average molecular weight is 444 g/mol. The Morgan fingerprint density at radius 2 is 2.13 bits per heavy atom. The molecule has 1 saturated carbocycles. The molecule has 0 unspecified atom stereocenters. The number of pyridine rings is 1. The lowest BCUT2D eigenvalue weighted by atomic mass is 10.1. The zero-order valence-corrected chi connectivity index (χ0v) is 15.6. The normalized spacial score (nSPS) is 15.0. The van der Waals surface area contributed by atoms with Crippen LogP contribution in [0.15, 0.2) is 10.7 Å². The van der Waals surface area contributed by atoms with Gasteiger partial charge < -0.3 is 10.3 Å². The van der Waals surface area contributed by atoms with E-state index in [0.717, 1.165) is 33.1 Å². The third-order valence-corrected chi connectivity index (χ3v) is 5.35. The fourth-order valence-electron chi connectivity index (χ4n) is 2.74. The molecule has 0 saturated heterocycles. The molecule has 0 aromatic carbocycles. The fraction of sp³-hybridized carbons (Fsp3) is 0.400. The van der Waals surface area contributed by atoms with Crippen molar-refractivity contribution in [2.45, 2.75) is 38.6 Å². The molecule has 0 atom stereocenters. The van der Waals surface area contributed by atoms with Gasteiger partial charge in [0, 0.05) is 12.0 Å². The van der Waals surface area contributed by atoms with Crippen LogP contribution in [0.1, 0.15) is 44.4 Å². The van der Waals surface area contributed by atoms with E-state index in [1.54, 1.807) is 6.20 Å². The Bertz CT molecular complexity index is 912. The molecular weight excluding hydrogens is 429 g/mol. The van der Waals surface area contributed by atoms with Gasteiger partial charge in [-0.3, -0.25) is 4.68 Å². The van der Waals surface area contributed by atoms with Crippen molar-refractivity contribution >= 4 is 50.9 Å². The minimum absolute atomic E-state index is 0.137. The first-order valence-corrected chi connectivity index (χ1v) is 8.92. The standard InChI is InChI=1S/C15H15ClIN5O/c1-6(2)22-13-8(16)5-19-15(18)9(13)11(20-22)12-10(17)14(23-21-12)7-3-4-7/h5-7H,3-4H2,1-2H3,(H2,18,19). The molecule has 1 aliphatic rings. The maximum Gasteiger partial charge on any atom is 0.153 e. The lowest BCUT2D eigenvalue weighted by Gasteiger charge is -2.07. The first kappa shape index (κ1) is 15.2. The van der Waals surface area contributed by atoms with Crippen LogP contribution in [0.5, 0.6) is 0 Å².